The number of nitrogens with one attached hydrogen (secondary N) is 1. The quantitative estimate of drug-likeness (QED) is 0.588. The van der Waals surface area contributed by atoms with Gasteiger partial charge in [0.25, 0.3) is 0 Å². The van der Waals surface area contributed by atoms with E-state index in [1.807, 2.05) is 73.3 Å². The highest BCUT2D eigenvalue weighted by atomic mass is 16.5. The monoisotopic (exact) mass is 477 g/mol. The molecule has 2 saturated heterocycles. The molecular formula is C29H39N3O3. The van der Waals surface area contributed by atoms with E-state index in [-0.39, 0.29) is 23.3 Å². The molecule has 6 nitrogen and oxygen atoms in total. The third kappa shape index (κ3) is 6.04. The van der Waals surface area contributed by atoms with Crippen molar-refractivity contribution in [3.8, 4) is 5.75 Å². The van der Waals surface area contributed by atoms with Crippen molar-refractivity contribution in [2.45, 2.75) is 58.0 Å². The molecule has 35 heavy (non-hydrogen) atoms. The SMILES string of the molecule is COc1ccc(CN2CCC3(CCN(CCC(C(=O)NC(C)C)c4ccccc4)CC3)C2=O)cc1. The molecule has 2 aliphatic heterocycles. The molecule has 1 atom stereocenters. The van der Waals surface area contributed by atoms with Crippen LogP contribution >= 0.6 is 0 Å². The second-order valence-electron chi connectivity index (χ2n) is 10.4. The van der Waals surface area contributed by atoms with Gasteiger partial charge >= 0.3 is 0 Å². The zero-order valence-corrected chi connectivity index (χ0v) is 21.3. The van der Waals surface area contributed by atoms with E-state index in [0.717, 1.165) is 68.7 Å². The summed E-state index contributed by atoms with van der Waals surface area (Å²) in [6.07, 6.45) is 3.53. The number of methoxy groups -OCH3 is 1. The van der Waals surface area contributed by atoms with Gasteiger partial charge in [-0.25, -0.2) is 0 Å². The summed E-state index contributed by atoms with van der Waals surface area (Å²) in [4.78, 5) is 30.8. The second-order valence-corrected chi connectivity index (χ2v) is 10.4. The first-order valence-corrected chi connectivity index (χ1v) is 12.9. The fourth-order valence-electron chi connectivity index (χ4n) is 5.49. The Hall–Kier alpha value is -2.86. The van der Waals surface area contributed by atoms with E-state index < -0.39 is 0 Å². The Morgan fingerprint density at radius 2 is 1.66 bits per heavy atom. The third-order valence-corrected chi connectivity index (χ3v) is 7.63. The first-order valence-electron chi connectivity index (χ1n) is 12.9. The van der Waals surface area contributed by atoms with Crippen LogP contribution in [0.3, 0.4) is 0 Å². The lowest BCUT2D eigenvalue weighted by Crippen LogP contribution is -2.45. The molecule has 0 bridgehead atoms. The first-order chi connectivity index (χ1) is 16.9. The predicted molar refractivity (Wildman–Crippen MR) is 138 cm³/mol. The van der Waals surface area contributed by atoms with E-state index >= 15 is 0 Å². The van der Waals surface area contributed by atoms with Gasteiger partial charge in [0, 0.05) is 19.1 Å². The van der Waals surface area contributed by atoms with Gasteiger partial charge in [-0.05, 0) is 82.4 Å². The molecule has 2 fully saturated rings. The average Bonchev–Trinajstić information content (AvgIpc) is 3.16. The molecule has 0 radical (unpaired) electrons. The van der Waals surface area contributed by atoms with Crippen molar-refractivity contribution in [2.24, 2.45) is 5.41 Å². The van der Waals surface area contributed by atoms with Crippen LogP contribution < -0.4 is 10.1 Å². The number of benzene rings is 2. The van der Waals surface area contributed by atoms with Gasteiger partial charge < -0.3 is 19.9 Å². The summed E-state index contributed by atoms with van der Waals surface area (Å²) < 4.78 is 5.24. The van der Waals surface area contributed by atoms with Crippen LogP contribution in [-0.4, -0.2) is 60.9 Å². The smallest absolute Gasteiger partial charge is 0.229 e. The molecule has 6 heteroatoms. The minimum absolute atomic E-state index is 0.0971. The van der Waals surface area contributed by atoms with Crippen LogP contribution in [0.1, 0.15) is 56.6 Å². The number of rotatable bonds is 9. The molecule has 2 heterocycles. The molecule has 0 aromatic heterocycles. The molecule has 2 aromatic carbocycles. The Morgan fingerprint density at radius 3 is 2.29 bits per heavy atom. The number of piperidine rings is 1. The van der Waals surface area contributed by atoms with Gasteiger partial charge in [0.15, 0.2) is 0 Å². The van der Waals surface area contributed by atoms with E-state index in [9.17, 15) is 9.59 Å². The minimum Gasteiger partial charge on any atom is -0.497 e. The molecule has 1 unspecified atom stereocenters. The van der Waals surface area contributed by atoms with Crippen molar-refractivity contribution in [2.75, 3.05) is 33.3 Å². The Morgan fingerprint density at radius 1 is 1.00 bits per heavy atom. The summed E-state index contributed by atoms with van der Waals surface area (Å²) in [6.45, 7) is 8.19. The Bertz CT molecular complexity index is 982. The third-order valence-electron chi connectivity index (χ3n) is 7.63. The molecule has 188 valence electrons. The van der Waals surface area contributed by atoms with E-state index in [4.69, 9.17) is 4.74 Å². The van der Waals surface area contributed by atoms with E-state index in [1.54, 1.807) is 7.11 Å². The molecule has 2 aliphatic rings. The summed E-state index contributed by atoms with van der Waals surface area (Å²) in [6, 6.07) is 18.2. The summed E-state index contributed by atoms with van der Waals surface area (Å²) in [5.74, 6) is 1.09. The van der Waals surface area contributed by atoms with Crippen molar-refractivity contribution < 1.29 is 14.3 Å². The maximum atomic E-state index is 13.4. The summed E-state index contributed by atoms with van der Waals surface area (Å²) in [5.41, 5.74) is 2.00. The van der Waals surface area contributed by atoms with Gasteiger partial charge in [-0.3, -0.25) is 9.59 Å². The van der Waals surface area contributed by atoms with Crippen molar-refractivity contribution in [3.05, 3.63) is 65.7 Å². The Kier molecular flexibility index (Phi) is 8.11. The number of ether oxygens (including phenoxy) is 1. The number of hydrogen-bond acceptors (Lipinski definition) is 4. The largest absolute Gasteiger partial charge is 0.497 e. The molecule has 2 aromatic rings. The number of carbonyl (C=O) groups excluding carboxylic acids is 2. The maximum absolute atomic E-state index is 13.4. The van der Waals surface area contributed by atoms with Crippen LogP contribution in [0.4, 0.5) is 0 Å². The van der Waals surface area contributed by atoms with E-state index in [0.29, 0.717) is 12.5 Å². The molecule has 4 rings (SSSR count). The van der Waals surface area contributed by atoms with Gasteiger partial charge in [-0.2, -0.15) is 0 Å². The maximum Gasteiger partial charge on any atom is 0.229 e. The number of carbonyl (C=O) groups is 2. The average molecular weight is 478 g/mol. The lowest BCUT2D eigenvalue weighted by molar-refractivity contribution is -0.138. The Labute approximate surface area is 209 Å². The van der Waals surface area contributed by atoms with E-state index in [2.05, 4.69) is 10.2 Å². The van der Waals surface area contributed by atoms with Gasteiger partial charge in [0.05, 0.1) is 18.4 Å². The van der Waals surface area contributed by atoms with E-state index in [1.165, 1.54) is 0 Å². The summed E-state index contributed by atoms with van der Waals surface area (Å²) in [5, 5.41) is 3.09. The summed E-state index contributed by atoms with van der Waals surface area (Å²) >= 11 is 0. The number of amides is 2. The van der Waals surface area contributed by atoms with Gasteiger partial charge in [-0.1, -0.05) is 42.5 Å². The lowest BCUT2D eigenvalue weighted by atomic mass is 9.77. The highest BCUT2D eigenvalue weighted by Crippen LogP contribution is 2.42. The fraction of sp³-hybridized carbons (Fsp3) is 0.517. The van der Waals surface area contributed by atoms with Crippen LogP contribution in [0.2, 0.25) is 0 Å². The molecule has 0 saturated carbocycles. The van der Waals surface area contributed by atoms with Crippen LogP contribution in [0, 0.1) is 5.41 Å². The normalized spacial score (nSPS) is 18.7. The number of nitrogens with zero attached hydrogens (tertiary/aromatic N) is 2. The zero-order chi connectivity index (χ0) is 24.8. The van der Waals surface area contributed by atoms with Crippen molar-refractivity contribution in [1.29, 1.82) is 0 Å². The molecule has 0 aliphatic carbocycles. The fourth-order valence-corrected chi connectivity index (χ4v) is 5.49. The first kappa shape index (κ1) is 25.2. The van der Waals surface area contributed by atoms with Crippen LogP contribution in [-0.2, 0) is 16.1 Å². The molecular weight excluding hydrogens is 438 g/mol. The van der Waals surface area contributed by atoms with Gasteiger partial charge in [-0.15, -0.1) is 0 Å². The lowest BCUT2D eigenvalue weighted by Gasteiger charge is -2.38. The van der Waals surface area contributed by atoms with Crippen LogP contribution in [0.25, 0.3) is 0 Å². The number of hydrogen-bond donors (Lipinski definition) is 1. The number of likely N-dealkylation sites (tertiary alicyclic amines) is 2. The Balaban J connectivity index is 1.31. The highest BCUT2D eigenvalue weighted by Gasteiger charge is 2.47. The van der Waals surface area contributed by atoms with Gasteiger partial charge in [0.1, 0.15) is 5.75 Å². The topological polar surface area (TPSA) is 61.9 Å². The molecule has 1 spiro atoms. The van der Waals surface area contributed by atoms with Crippen LogP contribution in [0.15, 0.2) is 54.6 Å². The van der Waals surface area contributed by atoms with Crippen molar-refractivity contribution in [3.63, 3.8) is 0 Å². The van der Waals surface area contributed by atoms with Crippen molar-refractivity contribution in [1.82, 2.24) is 15.1 Å². The highest BCUT2D eigenvalue weighted by molar-refractivity contribution is 5.85. The summed E-state index contributed by atoms with van der Waals surface area (Å²) in [7, 11) is 1.66. The van der Waals surface area contributed by atoms with Crippen LogP contribution in [0.5, 0.6) is 5.75 Å². The zero-order valence-electron chi connectivity index (χ0n) is 21.3. The van der Waals surface area contributed by atoms with Gasteiger partial charge in [0.2, 0.25) is 11.8 Å². The predicted octanol–water partition coefficient (Wildman–Crippen LogP) is 4.21. The minimum atomic E-state index is -0.211. The van der Waals surface area contributed by atoms with Crippen molar-refractivity contribution >= 4 is 11.8 Å². The second kappa shape index (κ2) is 11.3. The standard InChI is InChI=1S/C29H39N3O3/c1-22(2)30-27(33)26(24-7-5-4-6-8-24)13-17-31-18-14-29(15-19-31)16-20-32(28(29)34)21-23-9-11-25(35-3)12-10-23/h4-12,22,26H,13-21H2,1-3H3,(H,30,33). The molecule has 2 amide bonds. The molecule has 1 N–H and O–H groups in total.